The Morgan fingerprint density at radius 2 is 1.46 bits per heavy atom. The smallest absolute Gasteiger partial charge is 0.258 e. The number of piperidine rings is 2. The molecule has 2 aliphatic rings. The van der Waals surface area contributed by atoms with Crippen LogP contribution in [0.1, 0.15) is 12.0 Å². The third-order valence-electron chi connectivity index (χ3n) is 7.58. The Hall–Kier alpha value is -3.42. The van der Waals surface area contributed by atoms with Gasteiger partial charge >= 0.3 is 0 Å². The standard InChI is InChI=1S/C30H36N4O5/c1-32-18-29(27-4-2-3-5-28(27)30(32)37)39-20-25(36)17-34-14-22-10-23(15-34)13-33(12-22)16-24(35)19-38-26-8-6-21(11-31)7-9-26/h2-9,18,22-25,35-36H,10,12-17,19-20H2,1H3. The first-order chi connectivity index (χ1) is 18.9. The van der Waals surface area contributed by atoms with Gasteiger partial charge < -0.3 is 24.3 Å². The summed E-state index contributed by atoms with van der Waals surface area (Å²) >= 11 is 0. The number of aliphatic hydroxyl groups is 2. The lowest BCUT2D eigenvalue weighted by molar-refractivity contribution is -0.0163. The van der Waals surface area contributed by atoms with E-state index in [1.165, 1.54) is 11.0 Å². The van der Waals surface area contributed by atoms with Crippen molar-refractivity contribution in [3.05, 3.63) is 70.6 Å². The van der Waals surface area contributed by atoms with Crippen molar-refractivity contribution in [2.75, 3.05) is 52.5 Å². The number of fused-ring (bicyclic) bond motifs is 3. The van der Waals surface area contributed by atoms with Crippen LogP contribution in [0.5, 0.6) is 11.5 Å². The number of aliphatic hydroxyl groups excluding tert-OH is 2. The van der Waals surface area contributed by atoms with Crippen molar-refractivity contribution in [3.63, 3.8) is 0 Å². The molecule has 0 radical (unpaired) electrons. The molecule has 39 heavy (non-hydrogen) atoms. The molecule has 2 saturated heterocycles. The van der Waals surface area contributed by atoms with Crippen LogP contribution in [0.15, 0.2) is 59.5 Å². The van der Waals surface area contributed by atoms with Crippen molar-refractivity contribution in [1.82, 2.24) is 14.4 Å². The molecule has 9 heteroatoms. The van der Waals surface area contributed by atoms with Crippen molar-refractivity contribution in [2.45, 2.75) is 18.6 Å². The van der Waals surface area contributed by atoms with Gasteiger partial charge in [-0.3, -0.25) is 14.6 Å². The van der Waals surface area contributed by atoms with Crippen LogP contribution in [0.3, 0.4) is 0 Å². The van der Waals surface area contributed by atoms with Crippen LogP contribution in [0.2, 0.25) is 0 Å². The molecule has 9 nitrogen and oxygen atoms in total. The molecule has 1 aromatic heterocycles. The second-order valence-corrected chi connectivity index (χ2v) is 10.9. The normalized spacial score (nSPS) is 21.3. The number of hydrogen-bond donors (Lipinski definition) is 2. The molecule has 3 aromatic rings. The molecule has 2 fully saturated rings. The highest BCUT2D eigenvalue weighted by Crippen LogP contribution is 2.29. The zero-order chi connectivity index (χ0) is 27.4. The molecule has 0 spiro atoms. The lowest BCUT2D eigenvalue weighted by Gasteiger charge is -2.46. The van der Waals surface area contributed by atoms with E-state index in [-0.39, 0.29) is 18.8 Å². The van der Waals surface area contributed by atoms with E-state index >= 15 is 0 Å². The van der Waals surface area contributed by atoms with Crippen LogP contribution < -0.4 is 15.0 Å². The van der Waals surface area contributed by atoms with Gasteiger partial charge in [0.1, 0.15) is 36.9 Å². The summed E-state index contributed by atoms with van der Waals surface area (Å²) in [5.74, 6) is 2.22. The molecule has 2 bridgehead atoms. The van der Waals surface area contributed by atoms with Gasteiger partial charge in [0.25, 0.3) is 5.56 Å². The minimum atomic E-state index is -0.642. The van der Waals surface area contributed by atoms with E-state index in [1.807, 2.05) is 18.2 Å². The predicted molar refractivity (Wildman–Crippen MR) is 148 cm³/mol. The predicted octanol–water partition coefficient (Wildman–Crippen LogP) is 1.84. The molecular formula is C30H36N4O5. The van der Waals surface area contributed by atoms with Crippen LogP contribution in [0.25, 0.3) is 10.8 Å². The van der Waals surface area contributed by atoms with Gasteiger partial charge in [-0.2, -0.15) is 5.26 Å². The summed E-state index contributed by atoms with van der Waals surface area (Å²) in [6.07, 6.45) is 1.61. The molecule has 2 aromatic carbocycles. The molecule has 2 N–H and O–H groups in total. The number of β-amino-alcohol motifs (C(OH)–C–C–N with tert-alkyl or cyclic N) is 2. The topological polar surface area (TPSA) is 111 Å². The Kier molecular flexibility index (Phi) is 8.48. The average Bonchev–Trinajstić information content (AvgIpc) is 2.93. The second-order valence-electron chi connectivity index (χ2n) is 10.9. The Morgan fingerprint density at radius 1 is 0.897 bits per heavy atom. The van der Waals surface area contributed by atoms with E-state index in [0.717, 1.165) is 31.6 Å². The number of likely N-dealkylation sites (tertiary alicyclic amines) is 2. The van der Waals surface area contributed by atoms with Crippen LogP contribution in [-0.2, 0) is 7.05 Å². The number of hydrogen-bond acceptors (Lipinski definition) is 8. The molecule has 0 amide bonds. The Morgan fingerprint density at radius 3 is 2.05 bits per heavy atom. The Bertz CT molecular complexity index is 1350. The highest BCUT2D eigenvalue weighted by atomic mass is 16.5. The maximum atomic E-state index is 12.4. The first kappa shape index (κ1) is 27.2. The van der Waals surface area contributed by atoms with E-state index in [2.05, 4.69) is 15.9 Å². The number of rotatable bonds is 10. The highest BCUT2D eigenvalue weighted by molar-refractivity contribution is 5.87. The van der Waals surface area contributed by atoms with Gasteiger partial charge in [-0.15, -0.1) is 0 Å². The van der Waals surface area contributed by atoms with Crippen molar-refractivity contribution >= 4 is 10.8 Å². The maximum Gasteiger partial charge on any atom is 0.258 e. The first-order valence-electron chi connectivity index (χ1n) is 13.5. The van der Waals surface area contributed by atoms with E-state index in [9.17, 15) is 15.0 Å². The van der Waals surface area contributed by atoms with Crippen molar-refractivity contribution in [3.8, 4) is 17.6 Å². The Balaban J connectivity index is 1.07. The minimum absolute atomic E-state index is 0.0706. The summed E-state index contributed by atoms with van der Waals surface area (Å²) < 4.78 is 13.2. The number of nitrogens with zero attached hydrogens (tertiary/aromatic N) is 4. The zero-order valence-electron chi connectivity index (χ0n) is 22.3. The van der Waals surface area contributed by atoms with Crippen LogP contribution >= 0.6 is 0 Å². The number of ether oxygens (including phenoxy) is 2. The molecule has 206 valence electrons. The average molecular weight is 533 g/mol. The van der Waals surface area contributed by atoms with Gasteiger partial charge in [0.05, 0.1) is 17.0 Å². The fourth-order valence-electron chi connectivity index (χ4n) is 5.99. The number of aromatic nitrogens is 1. The summed E-state index contributed by atoms with van der Waals surface area (Å²) in [6, 6.07) is 16.4. The molecule has 4 unspecified atom stereocenters. The molecule has 0 saturated carbocycles. The molecule has 0 aliphatic carbocycles. The van der Waals surface area contributed by atoms with Gasteiger partial charge in [0, 0.05) is 57.9 Å². The highest BCUT2D eigenvalue weighted by Gasteiger charge is 2.35. The lowest BCUT2D eigenvalue weighted by Crippen LogP contribution is -2.55. The van der Waals surface area contributed by atoms with Gasteiger partial charge in [-0.1, -0.05) is 18.2 Å². The largest absolute Gasteiger partial charge is 0.491 e. The van der Waals surface area contributed by atoms with Crippen molar-refractivity contribution in [1.29, 1.82) is 5.26 Å². The van der Waals surface area contributed by atoms with Crippen LogP contribution in [0.4, 0.5) is 0 Å². The van der Waals surface area contributed by atoms with Crippen molar-refractivity contribution in [2.24, 2.45) is 18.9 Å². The minimum Gasteiger partial charge on any atom is -0.491 e. The monoisotopic (exact) mass is 532 g/mol. The summed E-state index contributed by atoms with van der Waals surface area (Å²) in [6.45, 7) is 5.11. The summed E-state index contributed by atoms with van der Waals surface area (Å²) in [4.78, 5) is 17.0. The van der Waals surface area contributed by atoms with Crippen LogP contribution in [-0.4, -0.2) is 89.3 Å². The molecule has 2 aliphatic heterocycles. The summed E-state index contributed by atoms with van der Waals surface area (Å²) in [7, 11) is 1.70. The van der Waals surface area contributed by atoms with E-state index in [4.69, 9.17) is 14.7 Å². The third-order valence-corrected chi connectivity index (χ3v) is 7.58. The number of aryl methyl sites for hydroxylation is 1. The van der Waals surface area contributed by atoms with Crippen molar-refractivity contribution < 1.29 is 19.7 Å². The fraction of sp³-hybridized carbons (Fsp3) is 0.467. The van der Waals surface area contributed by atoms with E-state index in [0.29, 0.717) is 47.4 Å². The summed E-state index contributed by atoms with van der Waals surface area (Å²) in [5, 5.41) is 31.6. The number of pyridine rings is 1. The SMILES string of the molecule is Cn1cc(OCC(O)CN2CC3CC(CN(CC(O)COc4ccc(C#N)cc4)C3)C2)c2ccccc2c1=O. The Labute approximate surface area is 228 Å². The molecule has 4 atom stereocenters. The van der Waals surface area contributed by atoms with Gasteiger partial charge in [-0.25, -0.2) is 0 Å². The summed E-state index contributed by atoms with van der Waals surface area (Å²) in [5.41, 5.74) is 0.508. The molecule has 3 heterocycles. The first-order valence-corrected chi connectivity index (χ1v) is 13.5. The molecule has 5 rings (SSSR count). The quantitative estimate of drug-likeness (QED) is 0.407. The van der Waals surface area contributed by atoms with Gasteiger partial charge in [-0.05, 0) is 48.6 Å². The van der Waals surface area contributed by atoms with Crippen LogP contribution in [0, 0.1) is 23.2 Å². The number of benzene rings is 2. The molecular weight excluding hydrogens is 496 g/mol. The van der Waals surface area contributed by atoms with E-state index < -0.39 is 12.2 Å². The second kappa shape index (κ2) is 12.2. The zero-order valence-corrected chi connectivity index (χ0v) is 22.3. The van der Waals surface area contributed by atoms with Gasteiger partial charge in [0.15, 0.2) is 0 Å². The lowest BCUT2D eigenvalue weighted by atomic mass is 9.84. The maximum absolute atomic E-state index is 12.4. The fourth-order valence-corrected chi connectivity index (χ4v) is 5.99. The number of nitriles is 1. The van der Waals surface area contributed by atoms with Gasteiger partial charge in [0.2, 0.25) is 0 Å². The third kappa shape index (κ3) is 6.78. The van der Waals surface area contributed by atoms with E-state index in [1.54, 1.807) is 43.6 Å².